The van der Waals surface area contributed by atoms with Crippen LogP contribution in [0, 0.1) is 5.82 Å². The molecule has 2 heterocycles. The van der Waals surface area contributed by atoms with Crippen LogP contribution in [-0.2, 0) is 9.53 Å². The molecule has 0 aliphatic carbocycles. The Morgan fingerprint density at radius 2 is 2.08 bits per heavy atom. The molecule has 2 aliphatic heterocycles. The number of carbonyl (C=O) groups excluding carboxylic acids is 1. The maximum Gasteiger partial charge on any atom is 0.251 e. The zero-order valence-corrected chi connectivity index (χ0v) is 14.3. The van der Waals surface area contributed by atoms with Gasteiger partial charge in [-0.15, -0.1) is 0 Å². The van der Waals surface area contributed by atoms with Crippen molar-refractivity contribution in [1.82, 2.24) is 9.80 Å². The van der Waals surface area contributed by atoms with Gasteiger partial charge < -0.3 is 19.5 Å². The normalized spacial score (nSPS) is 22.8. The molecule has 2 unspecified atom stereocenters. The highest BCUT2D eigenvalue weighted by Crippen LogP contribution is 2.17. The number of β-amino-alcohol motifs (C(OH)–C–C–N with tert-alkyl or cyclic N) is 1. The molecule has 6 nitrogen and oxygen atoms in total. The van der Waals surface area contributed by atoms with E-state index in [4.69, 9.17) is 9.47 Å². The van der Waals surface area contributed by atoms with Gasteiger partial charge in [0.2, 0.25) is 0 Å². The van der Waals surface area contributed by atoms with Gasteiger partial charge in [0.05, 0.1) is 0 Å². The van der Waals surface area contributed by atoms with Crippen molar-refractivity contribution >= 4 is 5.91 Å². The number of halogens is 1. The zero-order valence-electron chi connectivity index (χ0n) is 14.3. The molecule has 0 radical (unpaired) electrons. The molecule has 1 aromatic carbocycles. The van der Waals surface area contributed by atoms with Gasteiger partial charge in [0.25, 0.3) is 5.91 Å². The summed E-state index contributed by atoms with van der Waals surface area (Å²) in [5.74, 6) is -0.204. The highest BCUT2D eigenvalue weighted by molar-refractivity contribution is 5.81. The van der Waals surface area contributed by atoms with Crippen molar-refractivity contribution < 1.29 is 23.8 Å². The van der Waals surface area contributed by atoms with Gasteiger partial charge in [0.15, 0.2) is 11.6 Å². The summed E-state index contributed by atoms with van der Waals surface area (Å²) in [6, 6.07) is 6.15. The topological polar surface area (TPSA) is 62.2 Å². The van der Waals surface area contributed by atoms with E-state index in [0.29, 0.717) is 39.3 Å². The third kappa shape index (κ3) is 4.90. The monoisotopic (exact) mass is 352 g/mol. The number of para-hydroxylation sites is 1. The second kappa shape index (κ2) is 8.60. The molecular formula is C18H25FN2O4. The molecular weight excluding hydrogens is 327 g/mol. The lowest BCUT2D eigenvalue weighted by Gasteiger charge is -2.36. The molecule has 1 aromatic rings. The third-order valence-electron chi connectivity index (χ3n) is 4.63. The molecule has 0 aromatic heterocycles. The number of aliphatic hydroxyl groups excluding tert-OH is 1. The molecule has 138 valence electrons. The van der Waals surface area contributed by atoms with Gasteiger partial charge in [-0.2, -0.15) is 0 Å². The van der Waals surface area contributed by atoms with Gasteiger partial charge in [-0.1, -0.05) is 12.1 Å². The molecule has 2 atom stereocenters. The fourth-order valence-electron chi connectivity index (χ4n) is 3.23. The minimum Gasteiger partial charge on any atom is -0.488 e. The zero-order chi connectivity index (χ0) is 17.6. The van der Waals surface area contributed by atoms with Crippen molar-refractivity contribution in [2.75, 3.05) is 45.9 Å². The van der Waals surface area contributed by atoms with Crippen molar-refractivity contribution in [3.63, 3.8) is 0 Å². The molecule has 2 aliphatic rings. The largest absolute Gasteiger partial charge is 0.488 e. The maximum absolute atomic E-state index is 13.5. The van der Waals surface area contributed by atoms with Crippen LogP contribution in [0.15, 0.2) is 24.3 Å². The molecule has 2 saturated heterocycles. The fraction of sp³-hybridized carbons (Fsp3) is 0.611. The molecule has 0 saturated carbocycles. The van der Waals surface area contributed by atoms with Crippen LogP contribution >= 0.6 is 0 Å². The van der Waals surface area contributed by atoms with E-state index in [1.165, 1.54) is 12.1 Å². The van der Waals surface area contributed by atoms with E-state index in [9.17, 15) is 14.3 Å². The molecule has 25 heavy (non-hydrogen) atoms. The predicted octanol–water partition coefficient (Wildman–Crippen LogP) is 0.889. The minimum atomic E-state index is -0.708. The molecule has 7 heteroatoms. The summed E-state index contributed by atoms with van der Waals surface area (Å²) in [6.07, 6.45) is 0.779. The van der Waals surface area contributed by atoms with Crippen LogP contribution in [0.1, 0.15) is 12.8 Å². The number of amides is 1. The first-order chi connectivity index (χ1) is 12.1. The van der Waals surface area contributed by atoms with E-state index < -0.39 is 11.9 Å². The first-order valence-corrected chi connectivity index (χ1v) is 8.81. The summed E-state index contributed by atoms with van der Waals surface area (Å²) >= 11 is 0. The van der Waals surface area contributed by atoms with E-state index in [1.807, 2.05) is 4.90 Å². The number of aliphatic hydroxyl groups is 1. The Bertz CT molecular complexity index is 572. The lowest BCUT2D eigenvalue weighted by Crippen LogP contribution is -2.53. The van der Waals surface area contributed by atoms with Crippen molar-refractivity contribution in [2.24, 2.45) is 0 Å². The number of hydrogen-bond acceptors (Lipinski definition) is 5. The fourth-order valence-corrected chi connectivity index (χ4v) is 3.23. The van der Waals surface area contributed by atoms with Crippen molar-refractivity contribution in [3.8, 4) is 5.75 Å². The first-order valence-electron chi connectivity index (χ1n) is 8.81. The van der Waals surface area contributed by atoms with E-state index >= 15 is 0 Å². The quantitative estimate of drug-likeness (QED) is 0.824. The summed E-state index contributed by atoms with van der Waals surface area (Å²) < 4.78 is 24.3. The number of piperazine rings is 1. The van der Waals surface area contributed by atoms with E-state index in [0.717, 1.165) is 12.8 Å². The van der Waals surface area contributed by atoms with Crippen LogP contribution in [0.5, 0.6) is 5.75 Å². The van der Waals surface area contributed by atoms with Crippen LogP contribution in [0.2, 0.25) is 0 Å². The van der Waals surface area contributed by atoms with Crippen LogP contribution in [0.25, 0.3) is 0 Å². The van der Waals surface area contributed by atoms with Gasteiger partial charge in [-0.3, -0.25) is 9.69 Å². The number of benzene rings is 1. The summed E-state index contributed by atoms with van der Waals surface area (Å²) in [5, 5.41) is 10.1. The van der Waals surface area contributed by atoms with Crippen molar-refractivity contribution in [1.29, 1.82) is 0 Å². The van der Waals surface area contributed by atoms with Crippen molar-refractivity contribution in [2.45, 2.75) is 25.0 Å². The van der Waals surface area contributed by atoms with E-state index in [1.54, 1.807) is 12.1 Å². The van der Waals surface area contributed by atoms with Gasteiger partial charge in [0, 0.05) is 39.3 Å². The second-order valence-electron chi connectivity index (χ2n) is 6.52. The highest BCUT2D eigenvalue weighted by Gasteiger charge is 2.30. The molecule has 0 bridgehead atoms. The summed E-state index contributed by atoms with van der Waals surface area (Å²) in [4.78, 5) is 16.2. The lowest BCUT2D eigenvalue weighted by atomic mass is 10.2. The third-order valence-corrected chi connectivity index (χ3v) is 4.63. The molecule has 2 fully saturated rings. The average Bonchev–Trinajstić information content (AvgIpc) is 3.16. The molecule has 3 rings (SSSR count). The number of rotatable bonds is 6. The van der Waals surface area contributed by atoms with E-state index in [2.05, 4.69) is 4.90 Å². The van der Waals surface area contributed by atoms with Crippen LogP contribution in [0.3, 0.4) is 0 Å². The Morgan fingerprint density at radius 3 is 2.76 bits per heavy atom. The Balaban J connectivity index is 1.38. The maximum atomic E-state index is 13.5. The standard InChI is InChI=1S/C18H25FN2O4/c19-15-4-1-2-5-16(15)25-13-14(22)12-20-7-9-21(10-8-20)18(23)17-6-3-11-24-17/h1-2,4-5,14,17,22H,3,6-13H2. The SMILES string of the molecule is O=C(C1CCCO1)N1CCN(CC(O)COc2ccccc2F)CC1. The van der Waals surface area contributed by atoms with Gasteiger partial charge in [0.1, 0.15) is 18.8 Å². The Labute approximate surface area is 147 Å². The number of ether oxygens (including phenoxy) is 2. The van der Waals surface area contributed by atoms with E-state index in [-0.39, 0.29) is 24.4 Å². The lowest BCUT2D eigenvalue weighted by molar-refractivity contribution is -0.142. The number of nitrogens with zero attached hydrogens (tertiary/aromatic N) is 2. The summed E-state index contributed by atoms with van der Waals surface area (Å²) in [5.41, 5.74) is 0. The van der Waals surface area contributed by atoms with Crippen LogP contribution < -0.4 is 4.74 Å². The van der Waals surface area contributed by atoms with Gasteiger partial charge >= 0.3 is 0 Å². The first kappa shape index (κ1) is 18.1. The van der Waals surface area contributed by atoms with Crippen molar-refractivity contribution in [3.05, 3.63) is 30.1 Å². The van der Waals surface area contributed by atoms with Gasteiger partial charge in [-0.05, 0) is 25.0 Å². The number of carbonyl (C=O) groups is 1. The molecule has 1 amide bonds. The Kier molecular flexibility index (Phi) is 6.23. The molecule has 0 spiro atoms. The summed E-state index contributed by atoms with van der Waals surface area (Å²) in [7, 11) is 0. The summed E-state index contributed by atoms with van der Waals surface area (Å²) in [6.45, 7) is 3.83. The highest BCUT2D eigenvalue weighted by atomic mass is 19.1. The smallest absolute Gasteiger partial charge is 0.251 e. The molecule has 1 N–H and O–H groups in total. The Morgan fingerprint density at radius 1 is 1.32 bits per heavy atom. The average molecular weight is 352 g/mol. The predicted molar refractivity (Wildman–Crippen MR) is 89.9 cm³/mol. The second-order valence-corrected chi connectivity index (χ2v) is 6.52. The van der Waals surface area contributed by atoms with Gasteiger partial charge in [-0.25, -0.2) is 4.39 Å². The van der Waals surface area contributed by atoms with Crippen LogP contribution in [-0.4, -0.2) is 79.0 Å². The Hall–Kier alpha value is -1.70. The number of hydrogen-bond donors (Lipinski definition) is 1. The minimum absolute atomic E-state index is 0.0377. The van der Waals surface area contributed by atoms with Crippen LogP contribution in [0.4, 0.5) is 4.39 Å².